The number of piperidine rings is 1. The minimum atomic E-state index is -0.106. The molecule has 0 atom stereocenters. The highest BCUT2D eigenvalue weighted by Gasteiger charge is 2.20. The predicted octanol–water partition coefficient (Wildman–Crippen LogP) is 2.26. The van der Waals surface area contributed by atoms with Crippen LogP contribution in [-0.2, 0) is 0 Å². The summed E-state index contributed by atoms with van der Waals surface area (Å²) in [6, 6.07) is 9.74. The summed E-state index contributed by atoms with van der Waals surface area (Å²) in [5.74, 6) is 0.297. The van der Waals surface area contributed by atoms with Crippen LogP contribution in [0.5, 0.6) is 0 Å². The molecule has 0 saturated carbocycles. The minimum absolute atomic E-state index is 0.106. The standard InChI is InChI=1S/C15H18N2O2/c1-17-8-6-12(7-9-17)16-15(18)14-10-11-4-2-3-5-13(11)19-14/h2-5,10,12H,6-9H2,1H3,(H,16,18). The molecular formula is C15H18N2O2. The van der Waals surface area contributed by atoms with Crippen molar-refractivity contribution in [1.82, 2.24) is 10.2 Å². The Morgan fingerprint density at radius 1 is 1.32 bits per heavy atom. The normalized spacial score (nSPS) is 17.7. The Morgan fingerprint density at radius 3 is 2.79 bits per heavy atom. The first-order valence-corrected chi connectivity index (χ1v) is 6.70. The van der Waals surface area contributed by atoms with Gasteiger partial charge in [0.2, 0.25) is 0 Å². The highest BCUT2D eigenvalue weighted by atomic mass is 16.3. The lowest BCUT2D eigenvalue weighted by atomic mass is 10.1. The summed E-state index contributed by atoms with van der Waals surface area (Å²) in [5, 5.41) is 4.03. The molecule has 0 aliphatic carbocycles. The number of amides is 1. The van der Waals surface area contributed by atoms with Crippen LogP contribution in [0.1, 0.15) is 23.4 Å². The number of para-hydroxylation sites is 1. The molecule has 2 aromatic rings. The lowest BCUT2D eigenvalue weighted by Gasteiger charge is -2.29. The van der Waals surface area contributed by atoms with E-state index in [0.29, 0.717) is 5.76 Å². The van der Waals surface area contributed by atoms with Gasteiger partial charge in [-0.15, -0.1) is 0 Å². The average Bonchev–Trinajstić information content (AvgIpc) is 2.85. The van der Waals surface area contributed by atoms with Crippen molar-refractivity contribution in [3.8, 4) is 0 Å². The highest BCUT2D eigenvalue weighted by molar-refractivity contribution is 5.96. The molecule has 4 nitrogen and oxygen atoms in total. The number of nitrogens with zero attached hydrogens (tertiary/aromatic N) is 1. The fourth-order valence-electron chi connectivity index (χ4n) is 2.50. The first-order chi connectivity index (χ1) is 9.22. The summed E-state index contributed by atoms with van der Waals surface area (Å²) in [7, 11) is 2.11. The van der Waals surface area contributed by atoms with Gasteiger partial charge in [0.05, 0.1) is 0 Å². The smallest absolute Gasteiger partial charge is 0.287 e. The van der Waals surface area contributed by atoms with Crippen LogP contribution in [0.2, 0.25) is 0 Å². The molecule has 2 heterocycles. The van der Waals surface area contributed by atoms with Gasteiger partial charge in [0.15, 0.2) is 5.76 Å². The van der Waals surface area contributed by atoms with Crippen LogP contribution in [0, 0.1) is 0 Å². The van der Waals surface area contributed by atoms with E-state index in [1.807, 2.05) is 24.3 Å². The van der Waals surface area contributed by atoms with Gasteiger partial charge in [-0.05, 0) is 45.1 Å². The first-order valence-electron chi connectivity index (χ1n) is 6.70. The van der Waals surface area contributed by atoms with Crippen molar-refractivity contribution in [2.24, 2.45) is 0 Å². The molecular weight excluding hydrogens is 240 g/mol. The molecule has 0 spiro atoms. The number of furan rings is 1. The second-order valence-electron chi connectivity index (χ2n) is 5.20. The SMILES string of the molecule is CN1CCC(NC(=O)c2cc3ccccc3o2)CC1. The van der Waals surface area contributed by atoms with Gasteiger partial charge in [-0.3, -0.25) is 4.79 Å². The second kappa shape index (κ2) is 5.05. The molecule has 0 bridgehead atoms. The Kier molecular flexibility index (Phi) is 3.25. The van der Waals surface area contributed by atoms with E-state index in [1.54, 1.807) is 6.07 Å². The van der Waals surface area contributed by atoms with Crippen molar-refractivity contribution in [2.75, 3.05) is 20.1 Å². The second-order valence-corrected chi connectivity index (χ2v) is 5.20. The third kappa shape index (κ3) is 2.63. The monoisotopic (exact) mass is 258 g/mol. The molecule has 1 aromatic carbocycles. The molecule has 0 radical (unpaired) electrons. The van der Waals surface area contributed by atoms with Crippen molar-refractivity contribution >= 4 is 16.9 Å². The zero-order valence-electron chi connectivity index (χ0n) is 11.1. The minimum Gasteiger partial charge on any atom is -0.451 e. The Labute approximate surface area is 112 Å². The van der Waals surface area contributed by atoms with Gasteiger partial charge in [-0.25, -0.2) is 0 Å². The maximum absolute atomic E-state index is 12.1. The third-order valence-corrected chi connectivity index (χ3v) is 3.70. The van der Waals surface area contributed by atoms with E-state index in [9.17, 15) is 4.79 Å². The van der Waals surface area contributed by atoms with Crippen molar-refractivity contribution in [3.63, 3.8) is 0 Å². The van der Waals surface area contributed by atoms with Gasteiger partial charge < -0.3 is 14.6 Å². The van der Waals surface area contributed by atoms with Crippen molar-refractivity contribution in [2.45, 2.75) is 18.9 Å². The largest absolute Gasteiger partial charge is 0.451 e. The van der Waals surface area contributed by atoms with Crippen LogP contribution >= 0.6 is 0 Å². The number of hydrogen-bond donors (Lipinski definition) is 1. The van der Waals surface area contributed by atoms with Gasteiger partial charge in [0.25, 0.3) is 5.91 Å². The summed E-state index contributed by atoms with van der Waals surface area (Å²) in [6.45, 7) is 2.07. The molecule has 100 valence electrons. The van der Waals surface area contributed by atoms with Gasteiger partial charge in [0.1, 0.15) is 5.58 Å². The number of carbonyl (C=O) groups is 1. The number of hydrogen-bond acceptors (Lipinski definition) is 3. The Balaban J connectivity index is 1.70. The van der Waals surface area contributed by atoms with E-state index in [-0.39, 0.29) is 11.9 Å². The Morgan fingerprint density at radius 2 is 2.05 bits per heavy atom. The quantitative estimate of drug-likeness (QED) is 0.898. The van der Waals surface area contributed by atoms with Crippen LogP contribution in [0.15, 0.2) is 34.7 Å². The number of nitrogens with one attached hydrogen (secondary N) is 1. The zero-order chi connectivity index (χ0) is 13.2. The molecule has 0 unspecified atom stereocenters. The lowest BCUT2D eigenvalue weighted by molar-refractivity contribution is 0.0891. The third-order valence-electron chi connectivity index (χ3n) is 3.70. The molecule has 1 amide bonds. The van der Waals surface area contributed by atoms with E-state index in [1.165, 1.54) is 0 Å². The summed E-state index contributed by atoms with van der Waals surface area (Å²) in [6.07, 6.45) is 2.00. The highest BCUT2D eigenvalue weighted by Crippen LogP contribution is 2.19. The van der Waals surface area contributed by atoms with E-state index < -0.39 is 0 Å². The average molecular weight is 258 g/mol. The lowest BCUT2D eigenvalue weighted by Crippen LogP contribution is -2.43. The van der Waals surface area contributed by atoms with E-state index in [4.69, 9.17) is 4.42 Å². The zero-order valence-corrected chi connectivity index (χ0v) is 11.1. The molecule has 1 saturated heterocycles. The van der Waals surface area contributed by atoms with E-state index in [2.05, 4.69) is 17.3 Å². The van der Waals surface area contributed by atoms with Crippen LogP contribution in [-0.4, -0.2) is 37.0 Å². The summed E-state index contributed by atoms with van der Waals surface area (Å²) >= 11 is 0. The van der Waals surface area contributed by atoms with Gasteiger partial charge in [0, 0.05) is 11.4 Å². The summed E-state index contributed by atoms with van der Waals surface area (Å²) < 4.78 is 5.57. The van der Waals surface area contributed by atoms with Gasteiger partial charge >= 0.3 is 0 Å². The van der Waals surface area contributed by atoms with Crippen molar-refractivity contribution in [3.05, 3.63) is 36.1 Å². The summed E-state index contributed by atoms with van der Waals surface area (Å²) in [4.78, 5) is 14.4. The predicted molar refractivity (Wildman–Crippen MR) is 74.2 cm³/mol. The van der Waals surface area contributed by atoms with Gasteiger partial charge in [-0.2, -0.15) is 0 Å². The van der Waals surface area contributed by atoms with Crippen molar-refractivity contribution in [1.29, 1.82) is 0 Å². The topological polar surface area (TPSA) is 45.5 Å². The maximum Gasteiger partial charge on any atom is 0.287 e. The van der Waals surface area contributed by atoms with Crippen LogP contribution in [0.3, 0.4) is 0 Å². The number of benzene rings is 1. The fourth-order valence-corrected chi connectivity index (χ4v) is 2.50. The van der Waals surface area contributed by atoms with Crippen LogP contribution in [0.25, 0.3) is 11.0 Å². The molecule has 4 heteroatoms. The van der Waals surface area contributed by atoms with E-state index in [0.717, 1.165) is 36.9 Å². The summed E-state index contributed by atoms with van der Waals surface area (Å²) in [5.41, 5.74) is 0.760. The Hall–Kier alpha value is -1.81. The number of carbonyl (C=O) groups excluding carboxylic acids is 1. The molecule has 1 aliphatic heterocycles. The fraction of sp³-hybridized carbons (Fsp3) is 0.400. The molecule has 1 aromatic heterocycles. The van der Waals surface area contributed by atoms with Crippen LogP contribution < -0.4 is 5.32 Å². The van der Waals surface area contributed by atoms with Crippen LogP contribution in [0.4, 0.5) is 0 Å². The maximum atomic E-state index is 12.1. The van der Waals surface area contributed by atoms with Gasteiger partial charge in [-0.1, -0.05) is 18.2 Å². The number of fused-ring (bicyclic) bond motifs is 1. The molecule has 1 fully saturated rings. The molecule has 19 heavy (non-hydrogen) atoms. The number of rotatable bonds is 2. The Bertz CT molecular complexity index is 550. The molecule has 1 N–H and O–H groups in total. The number of likely N-dealkylation sites (tertiary alicyclic amines) is 1. The molecule has 1 aliphatic rings. The van der Waals surface area contributed by atoms with E-state index >= 15 is 0 Å². The molecule has 3 rings (SSSR count). The first kappa shape index (κ1) is 12.2. The van der Waals surface area contributed by atoms with Crippen molar-refractivity contribution < 1.29 is 9.21 Å².